The van der Waals surface area contributed by atoms with Gasteiger partial charge in [0.15, 0.2) is 5.13 Å². The highest BCUT2D eigenvalue weighted by Crippen LogP contribution is 2.25. The lowest BCUT2D eigenvalue weighted by atomic mass is 10.1. The van der Waals surface area contributed by atoms with Crippen molar-refractivity contribution >= 4 is 33.7 Å². The summed E-state index contributed by atoms with van der Waals surface area (Å²) >= 11 is 2.46. The Hall–Kier alpha value is -2.32. The summed E-state index contributed by atoms with van der Waals surface area (Å²) in [4.78, 5) is 29.1. The van der Waals surface area contributed by atoms with Gasteiger partial charge in [0.1, 0.15) is 12.4 Å². The SMILES string of the molecule is Cc1nc(NC(=O)Cn2c(C)csc2=O)sc1Cc1ccc(F)cc1. The highest BCUT2D eigenvalue weighted by atomic mass is 32.1. The molecule has 1 N–H and O–H groups in total. The van der Waals surface area contributed by atoms with E-state index in [1.165, 1.54) is 28.0 Å². The van der Waals surface area contributed by atoms with Crippen LogP contribution in [0.4, 0.5) is 9.52 Å². The molecule has 0 saturated heterocycles. The number of benzene rings is 1. The molecule has 0 unspecified atom stereocenters. The van der Waals surface area contributed by atoms with Crippen LogP contribution in [-0.4, -0.2) is 15.5 Å². The number of carbonyl (C=O) groups is 1. The second-order valence-electron chi connectivity index (χ2n) is 5.61. The molecule has 0 aliphatic rings. The number of hydrogen-bond donors (Lipinski definition) is 1. The zero-order valence-corrected chi connectivity index (χ0v) is 15.3. The first-order valence-corrected chi connectivity index (χ1v) is 9.27. The number of carbonyl (C=O) groups excluding carboxylic acids is 1. The van der Waals surface area contributed by atoms with E-state index in [4.69, 9.17) is 0 Å². The normalized spacial score (nSPS) is 10.8. The molecule has 0 aliphatic heterocycles. The largest absolute Gasteiger partial charge is 0.307 e. The van der Waals surface area contributed by atoms with E-state index in [0.29, 0.717) is 11.6 Å². The van der Waals surface area contributed by atoms with Gasteiger partial charge in [-0.2, -0.15) is 0 Å². The number of thiazole rings is 2. The van der Waals surface area contributed by atoms with Crippen molar-refractivity contribution in [3.8, 4) is 0 Å². The fourth-order valence-corrected chi connectivity index (χ4v) is 4.08. The molecule has 1 amide bonds. The fourth-order valence-electron chi connectivity index (χ4n) is 2.33. The number of amides is 1. The second-order valence-corrected chi connectivity index (χ2v) is 7.51. The first kappa shape index (κ1) is 17.5. The number of aryl methyl sites for hydroxylation is 2. The maximum absolute atomic E-state index is 13.0. The maximum Gasteiger partial charge on any atom is 0.307 e. The molecule has 0 saturated carbocycles. The molecule has 0 aliphatic carbocycles. The predicted molar refractivity (Wildman–Crippen MR) is 98.0 cm³/mol. The van der Waals surface area contributed by atoms with E-state index in [2.05, 4.69) is 10.3 Å². The molecule has 3 aromatic rings. The minimum Gasteiger partial charge on any atom is -0.300 e. The summed E-state index contributed by atoms with van der Waals surface area (Å²) < 4.78 is 14.4. The molecule has 2 heterocycles. The molecular weight excluding hydrogens is 361 g/mol. The Morgan fingerprint density at radius 2 is 2.00 bits per heavy atom. The smallest absolute Gasteiger partial charge is 0.300 e. The molecular formula is C17H16FN3O2S2. The van der Waals surface area contributed by atoms with Gasteiger partial charge in [-0.3, -0.25) is 14.2 Å². The summed E-state index contributed by atoms with van der Waals surface area (Å²) in [5, 5.41) is 4.97. The van der Waals surface area contributed by atoms with Crippen molar-refractivity contribution in [3.63, 3.8) is 0 Å². The van der Waals surface area contributed by atoms with Crippen LogP contribution in [0.2, 0.25) is 0 Å². The van der Waals surface area contributed by atoms with Crippen LogP contribution in [-0.2, 0) is 17.8 Å². The summed E-state index contributed by atoms with van der Waals surface area (Å²) in [5.41, 5.74) is 2.57. The van der Waals surface area contributed by atoms with Crippen LogP contribution in [0.1, 0.15) is 21.8 Å². The van der Waals surface area contributed by atoms with Crippen LogP contribution in [0.15, 0.2) is 34.4 Å². The molecule has 3 rings (SSSR count). The highest BCUT2D eigenvalue weighted by Gasteiger charge is 2.13. The van der Waals surface area contributed by atoms with E-state index in [0.717, 1.165) is 33.2 Å². The van der Waals surface area contributed by atoms with Gasteiger partial charge in [-0.05, 0) is 31.5 Å². The third-order valence-corrected chi connectivity index (χ3v) is 5.65. The van der Waals surface area contributed by atoms with Gasteiger partial charge in [-0.1, -0.05) is 23.5 Å². The summed E-state index contributed by atoms with van der Waals surface area (Å²) in [6.07, 6.45) is 0.628. The summed E-state index contributed by atoms with van der Waals surface area (Å²) in [6, 6.07) is 6.32. The number of nitrogens with zero attached hydrogens (tertiary/aromatic N) is 2. The van der Waals surface area contributed by atoms with E-state index >= 15 is 0 Å². The lowest BCUT2D eigenvalue weighted by Crippen LogP contribution is -2.25. The predicted octanol–water partition coefficient (Wildman–Crippen LogP) is 3.35. The topological polar surface area (TPSA) is 64.0 Å². The Morgan fingerprint density at radius 1 is 1.28 bits per heavy atom. The van der Waals surface area contributed by atoms with Crippen LogP contribution in [0.25, 0.3) is 0 Å². The number of rotatable bonds is 5. The molecule has 2 aromatic heterocycles. The van der Waals surface area contributed by atoms with Crippen molar-refractivity contribution < 1.29 is 9.18 Å². The Bertz CT molecular complexity index is 957. The Balaban J connectivity index is 1.68. The number of nitrogens with one attached hydrogen (secondary N) is 1. The van der Waals surface area contributed by atoms with Gasteiger partial charge in [0.2, 0.25) is 5.91 Å². The highest BCUT2D eigenvalue weighted by molar-refractivity contribution is 7.15. The van der Waals surface area contributed by atoms with Gasteiger partial charge in [0.25, 0.3) is 0 Å². The van der Waals surface area contributed by atoms with Crippen LogP contribution < -0.4 is 10.2 Å². The quantitative estimate of drug-likeness (QED) is 0.742. The van der Waals surface area contributed by atoms with Crippen molar-refractivity contribution in [1.29, 1.82) is 0 Å². The third kappa shape index (κ3) is 4.21. The van der Waals surface area contributed by atoms with Gasteiger partial charge >= 0.3 is 4.87 Å². The van der Waals surface area contributed by atoms with Crippen molar-refractivity contribution in [3.05, 3.63) is 67.0 Å². The fraction of sp³-hybridized carbons (Fsp3) is 0.235. The minimum absolute atomic E-state index is 0.0277. The molecule has 130 valence electrons. The standard InChI is InChI=1S/C17H16FN3O2S2/c1-10-9-24-17(23)21(10)8-15(22)20-16-19-11(2)14(25-16)7-12-3-5-13(18)6-4-12/h3-6,9H,7-8H2,1-2H3,(H,19,20,22). The van der Waals surface area contributed by atoms with E-state index in [9.17, 15) is 14.0 Å². The molecule has 0 atom stereocenters. The number of aromatic nitrogens is 2. The molecule has 25 heavy (non-hydrogen) atoms. The molecule has 0 fully saturated rings. The number of halogens is 1. The Labute approximate surface area is 151 Å². The minimum atomic E-state index is -0.286. The van der Waals surface area contributed by atoms with Crippen LogP contribution in [0, 0.1) is 19.7 Å². The zero-order chi connectivity index (χ0) is 18.0. The molecule has 0 radical (unpaired) electrons. The average Bonchev–Trinajstić information content (AvgIpc) is 3.06. The van der Waals surface area contributed by atoms with Crippen molar-refractivity contribution in [2.45, 2.75) is 26.8 Å². The molecule has 1 aromatic carbocycles. The zero-order valence-electron chi connectivity index (χ0n) is 13.7. The van der Waals surface area contributed by atoms with Gasteiger partial charge in [0.05, 0.1) is 5.69 Å². The number of anilines is 1. The van der Waals surface area contributed by atoms with Crippen LogP contribution in [0.5, 0.6) is 0 Å². The first-order valence-electron chi connectivity index (χ1n) is 7.58. The first-order chi connectivity index (χ1) is 11.9. The Kier molecular flexibility index (Phi) is 5.10. The number of hydrogen-bond acceptors (Lipinski definition) is 5. The molecule has 8 heteroatoms. The van der Waals surface area contributed by atoms with E-state index < -0.39 is 0 Å². The van der Waals surface area contributed by atoms with Crippen molar-refractivity contribution in [2.24, 2.45) is 0 Å². The maximum atomic E-state index is 13.0. The monoisotopic (exact) mass is 377 g/mol. The van der Waals surface area contributed by atoms with Gasteiger partial charge in [-0.15, -0.1) is 11.3 Å². The third-order valence-electron chi connectivity index (χ3n) is 3.70. The molecule has 5 nitrogen and oxygen atoms in total. The average molecular weight is 377 g/mol. The van der Waals surface area contributed by atoms with E-state index in [-0.39, 0.29) is 23.1 Å². The van der Waals surface area contributed by atoms with Gasteiger partial charge in [0, 0.05) is 22.4 Å². The summed E-state index contributed by atoms with van der Waals surface area (Å²) in [5.74, 6) is -0.553. The van der Waals surface area contributed by atoms with Crippen molar-refractivity contribution in [2.75, 3.05) is 5.32 Å². The van der Waals surface area contributed by atoms with Crippen LogP contribution in [0.3, 0.4) is 0 Å². The van der Waals surface area contributed by atoms with Crippen molar-refractivity contribution in [1.82, 2.24) is 9.55 Å². The lowest BCUT2D eigenvalue weighted by molar-refractivity contribution is -0.116. The van der Waals surface area contributed by atoms with E-state index in [1.54, 1.807) is 24.4 Å². The molecule has 0 spiro atoms. The lowest BCUT2D eigenvalue weighted by Gasteiger charge is -2.04. The second kappa shape index (κ2) is 7.28. The summed E-state index contributed by atoms with van der Waals surface area (Å²) in [7, 11) is 0. The molecule has 0 bridgehead atoms. The van der Waals surface area contributed by atoms with Gasteiger partial charge in [-0.25, -0.2) is 9.37 Å². The van der Waals surface area contributed by atoms with Gasteiger partial charge < -0.3 is 5.32 Å². The van der Waals surface area contributed by atoms with E-state index in [1.807, 2.05) is 6.92 Å². The van der Waals surface area contributed by atoms with Crippen LogP contribution >= 0.6 is 22.7 Å². The Morgan fingerprint density at radius 3 is 2.64 bits per heavy atom. The summed E-state index contributed by atoms with van der Waals surface area (Å²) in [6.45, 7) is 3.64.